The minimum Gasteiger partial charge on any atom is -0.394 e. The van der Waals surface area contributed by atoms with Gasteiger partial charge in [-0.2, -0.15) is 0 Å². The van der Waals surface area contributed by atoms with Gasteiger partial charge in [-0.1, -0.05) is 0 Å². The summed E-state index contributed by atoms with van der Waals surface area (Å²) in [6.45, 7) is -0.655. The number of ether oxygens (including phenoxy) is 1. The van der Waals surface area contributed by atoms with E-state index in [2.05, 4.69) is 5.32 Å². The van der Waals surface area contributed by atoms with Gasteiger partial charge in [0, 0.05) is 17.8 Å². The highest BCUT2D eigenvalue weighted by molar-refractivity contribution is 5.59. The zero-order valence-electron chi connectivity index (χ0n) is 12.1. The Hall–Kier alpha value is -2.38. The van der Waals surface area contributed by atoms with E-state index >= 15 is 0 Å². The van der Waals surface area contributed by atoms with Crippen molar-refractivity contribution in [3.8, 4) is 0 Å². The van der Waals surface area contributed by atoms with Crippen LogP contribution in [0.3, 0.4) is 0 Å². The van der Waals surface area contributed by atoms with Gasteiger partial charge in [-0.05, 0) is 0 Å². The summed E-state index contributed by atoms with van der Waals surface area (Å²) in [7, 11) is 0. The van der Waals surface area contributed by atoms with Crippen LogP contribution < -0.4 is 5.32 Å². The standard InChI is InChI=1S/C12H15N3O9/c16-4-8-9(17)10(18)11(19)12(24-8)13-5-1-6(14(20)21)3-7(2-5)15(22)23/h1-3,8-13,16-19H,4H2/t8?,9-,10+,11?,12-/m1/s1. The van der Waals surface area contributed by atoms with Gasteiger partial charge in [-0.25, -0.2) is 0 Å². The second-order valence-corrected chi connectivity index (χ2v) is 5.15. The molecule has 1 aromatic rings. The number of nitrogens with zero attached hydrogens (tertiary/aromatic N) is 2. The van der Waals surface area contributed by atoms with Crippen LogP contribution in [0.25, 0.3) is 0 Å². The van der Waals surface area contributed by atoms with Crippen molar-refractivity contribution in [1.29, 1.82) is 0 Å². The molecule has 1 aliphatic rings. The fourth-order valence-corrected chi connectivity index (χ4v) is 2.27. The van der Waals surface area contributed by atoms with E-state index in [9.17, 15) is 35.5 Å². The Labute approximate surface area is 134 Å². The predicted molar refractivity (Wildman–Crippen MR) is 77.1 cm³/mol. The maximum Gasteiger partial charge on any atom is 0.278 e. The minimum atomic E-state index is -1.65. The maximum atomic E-state index is 10.8. The van der Waals surface area contributed by atoms with Gasteiger partial charge < -0.3 is 30.5 Å². The van der Waals surface area contributed by atoms with E-state index in [1.54, 1.807) is 0 Å². The Morgan fingerprint density at radius 3 is 2.00 bits per heavy atom. The quantitative estimate of drug-likeness (QED) is 0.317. The first-order valence-corrected chi connectivity index (χ1v) is 6.75. The number of non-ortho nitro benzene ring substituents is 2. The fourth-order valence-electron chi connectivity index (χ4n) is 2.27. The summed E-state index contributed by atoms with van der Waals surface area (Å²) in [4.78, 5) is 20.0. The molecule has 0 aromatic heterocycles. The van der Waals surface area contributed by atoms with Crippen LogP contribution in [-0.2, 0) is 4.74 Å². The summed E-state index contributed by atoms with van der Waals surface area (Å²) in [5, 5.41) is 62.5. The molecule has 2 unspecified atom stereocenters. The van der Waals surface area contributed by atoms with E-state index in [-0.39, 0.29) is 5.69 Å². The van der Waals surface area contributed by atoms with Gasteiger partial charge >= 0.3 is 0 Å². The van der Waals surface area contributed by atoms with Gasteiger partial charge in [-0.15, -0.1) is 0 Å². The van der Waals surface area contributed by atoms with Gasteiger partial charge in [-0.3, -0.25) is 20.2 Å². The van der Waals surface area contributed by atoms with Crippen LogP contribution in [0.2, 0.25) is 0 Å². The van der Waals surface area contributed by atoms with Crippen molar-refractivity contribution in [1.82, 2.24) is 0 Å². The SMILES string of the molecule is O=[N+]([O-])c1cc(N[C@@H]2OC(CO)[C@@H](O)[C@H](O)C2O)cc([N+](=O)[O-])c1. The third-order valence-corrected chi connectivity index (χ3v) is 3.53. The molecular formula is C12H15N3O9. The van der Waals surface area contributed by atoms with E-state index < -0.39 is 58.5 Å². The smallest absolute Gasteiger partial charge is 0.278 e. The van der Waals surface area contributed by atoms with Crippen molar-refractivity contribution in [2.45, 2.75) is 30.6 Å². The van der Waals surface area contributed by atoms with Crippen molar-refractivity contribution < 1.29 is 35.0 Å². The number of nitro benzene ring substituents is 2. The van der Waals surface area contributed by atoms with Crippen molar-refractivity contribution >= 4 is 17.1 Å². The summed E-state index contributed by atoms with van der Waals surface area (Å²) in [6.07, 6.45) is -7.40. The molecule has 1 fully saturated rings. The first-order valence-electron chi connectivity index (χ1n) is 6.75. The molecule has 0 spiro atoms. The molecule has 1 heterocycles. The van der Waals surface area contributed by atoms with Gasteiger partial charge in [0.2, 0.25) is 0 Å². The largest absolute Gasteiger partial charge is 0.394 e. The van der Waals surface area contributed by atoms with Gasteiger partial charge in [0.05, 0.1) is 22.5 Å². The fraction of sp³-hybridized carbons (Fsp3) is 0.500. The number of nitrogens with one attached hydrogen (secondary N) is 1. The third-order valence-electron chi connectivity index (χ3n) is 3.53. The summed E-state index contributed by atoms with van der Waals surface area (Å²) in [5.74, 6) is 0. The summed E-state index contributed by atoms with van der Waals surface area (Å²) < 4.78 is 5.17. The molecule has 1 aromatic carbocycles. The van der Waals surface area contributed by atoms with Crippen LogP contribution >= 0.6 is 0 Å². The van der Waals surface area contributed by atoms with Crippen molar-refractivity contribution in [2.24, 2.45) is 0 Å². The molecule has 5 atom stereocenters. The molecule has 24 heavy (non-hydrogen) atoms. The van der Waals surface area contributed by atoms with Crippen LogP contribution in [0, 0.1) is 20.2 Å². The Morgan fingerprint density at radius 1 is 1.00 bits per heavy atom. The Kier molecular flexibility index (Phi) is 5.26. The number of aliphatic hydroxyl groups is 4. The molecule has 12 heteroatoms. The van der Waals surface area contributed by atoms with Crippen LogP contribution in [0.4, 0.5) is 17.1 Å². The van der Waals surface area contributed by atoms with Gasteiger partial charge in [0.25, 0.3) is 11.4 Å². The number of aliphatic hydroxyl groups excluding tert-OH is 4. The Balaban J connectivity index is 2.29. The molecule has 0 aliphatic carbocycles. The summed E-state index contributed by atoms with van der Waals surface area (Å²) in [6, 6.07) is 2.72. The average Bonchev–Trinajstić information content (AvgIpc) is 2.55. The highest BCUT2D eigenvalue weighted by atomic mass is 16.6. The average molecular weight is 345 g/mol. The summed E-state index contributed by atoms with van der Waals surface area (Å²) in [5.41, 5.74) is -1.23. The third kappa shape index (κ3) is 3.58. The molecule has 12 nitrogen and oxygen atoms in total. The highest BCUT2D eigenvalue weighted by Gasteiger charge is 2.43. The first kappa shape index (κ1) is 18.0. The topological polar surface area (TPSA) is 188 Å². The molecule has 2 rings (SSSR count). The molecule has 1 saturated heterocycles. The van der Waals surface area contributed by atoms with Crippen LogP contribution in [-0.4, -0.2) is 67.5 Å². The number of nitro groups is 2. The predicted octanol–water partition coefficient (Wildman–Crippen LogP) is -1.29. The lowest BCUT2D eigenvalue weighted by atomic mass is 9.98. The lowest BCUT2D eigenvalue weighted by Crippen LogP contribution is -2.60. The lowest BCUT2D eigenvalue weighted by molar-refractivity contribution is -0.394. The molecule has 132 valence electrons. The van der Waals surface area contributed by atoms with E-state index in [4.69, 9.17) is 9.84 Å². The normalized spacial score (nSPS) is 29.9. The number of anilines is 1. The molecule has 0 amide bonds. The highest BCUT2D eigenvalue weighted by Crippen LogP contribution is 2.28. The van der Waals surface area contributed by atoms with Crippen molar-refractivity contribution in [3.63, 3.8) is 0 Å². The molecule has 5 N–H and O–H groups in total. The van der Waals surface area contributed by atoms with E-state index in [1.165, 1.54) is 0 Å². The molecule has 1 aliphatic heterocycles. The number of rotatable bonds is 5. The molecule has 0 bridgehead atoms. The maximum absolute atomic E-state index is 10.8. The van der Waals surface area contributed by atoms with Crippen LogP contribution in [0.1, 0.15) is 0 Å². The first-order chi connectivity index (χ1) is 11.2. The zero-order valence-corrected chi connectivity index (χ0v) is 12.1. The van der Waals surface area contributed by atoms with E-state index in [1.807, 2.05) is 0 Å². The van der Waals surface area contributed by atoms with Gasteiger partial charge in [0.1, 0.15) is 24.4 Å². The van der Waals surface area contributed by atoms with Crippen LogP contribution in [0.15, 0.2) is 18.2 Å². The van der Waals surface area contributed by atoms with Crippen molar-refractivity contribution in [2.75, 3.05) is 11.9 Å². The Morgan fingerprint density at radius 2 is 1.54 bits per heavy atom. The van der Waals surface area contributed by atoms with Gasteiger partial charge in [0.15, 0.2) is 6.23 Å². The van der Waals surface area contributed by atoms with E-state index in [0.717, 1.165) is 18.2 Å². The van der Waals surface area contributed by atoms with Crippen molar-refractivity contribution in [3.05, 3.63) is 38.4 Å². The zero-order chi connectivity index (χ0) is 18.0. The molecular weight excluding hydrogens is 330 g/mol. The number of hydrogen-bond acceptors (Lipinski definition) is 10. The molecule has 0 radical (unpaired) electrons. The molecule has 0 saturated carbocycles. The lowest BCUT2D eigenvalue weighted by Gasteiger charge is -2.40. The summed E-state index contributed by atoms with van der Waals surface area (Å²) >= 11 is 0. The monoisotopic (exact) mass is 345 g/mol. The van der Waals surface area contributed by atoms with E-state index in [0.29, 0.717) is 0 Å². The number of benzene rings is 1. The number of hydrogen-bond donors (Lipinski definition) is 5. The Bertz CT molecular complexity index is 606. The minimum absolute atomic E-state index is 0.111. The second kappa shape index (κ2) is 7.02. The second-order valence-electron chi connectivity index (χ2n) is 5.15. The van der Waals surface area contributed by atoms with Crippen LogP contribution in [0.5, 0.6) is 0 Å².